The van der Waals surface area contributed by atoms with Gasteiger partial charge in [-0.25, -0.2) is 0 Å². The lowest BCUT2D eigenvalue weighted by Gasteiger charge is -2.30. The average Bonchev–Trinajstić information content (AvgIpc) is 2.55. The van der Waals surface area contributed by atoms with E-state index in [9.17, 15) is 4.79 Å². The summed E-state index contributed by atoms with van der Waals surface area (Å²) >= 11 is 0. The van der Waals surface area contributed by atoms with Gasteiger partial charge in [0.1, 0.15) is 0 Å². The van der Waals surface area contributed by atoms with Crippen LogP contribution in [-0.4, -0.2) is 40.9 Å². The minimum atomic E-state index is -0.426. The Bertz CT molecular complexity index is 686. The van der Waals surface area contributed by atoms with Crippen LogP contribution in [0.4, 0.5) is 0 Å². The predicted octanol–water partition coefficient (Wildman–Crippen LogP) is 2.05. The summed E-state index contributed by atoms with van der Waals surface area (Å²) in [5.41, 5.74) is 8.63. The molecule has 1 fully saturated rings. The predicted molar refractivity (Wildman–Crippen MR) is 85.5 cm³/mol. The van der Waals surface area contributed by atoms with Crippen LogP contribution in [0.2, 0.25) is 0 Å². The zero-order chi connectivity index (χ0) is 15.5. The summed E-state index contributed by atoms with van der Waals surface area (Å²) in [5, 5.41) is 0. The number of nitrogens with zero attached hydrogens (tertiary/aromatic N) is 3. The number of rotatable bonds is 3. The molecular formula is C17H20N4O. The van der Waals surface area contributed by atoms with E-state index in [1.165, 1.54) is 6.42 Å². The number of primary amides is 1. The van der Waals surface area contributed by atoms with Gasteiger partial charge in [0.25, 0.3) is 0 Å². The molecule has 22 heavy (non-hydrogen) atoms. The minimum absolute atomic E-state index is 0.375. The molecule has 0 unspecified atom stereocenters. The third-order valence-electron chi connectivity index (χ3n) is 4.16. The quantitative estimate of drug-likeness (QED) is 0.941. The van der Waals surface area contributed by atoms with Crippen LogP contribution in [0.25, 0.3) is 11.3 Å². The van der Waals surface area contributed by atoms with E-state index in [-0.39, 0.29) is 0 Å². The molecule has 0 radical (unpaired) electrons. The summed E-state index contributed by atoms with van der Waals surface area (Å²) < 4.78 is 0. The van der Waals surface area contributed by atoms with Crippen molar-refractivity contribution in [1.29, 1.82) is 0 Å². The molecule has 0 bridgehead atoms. The first-order valence-electron chi connectivity index (χ1n) is 7.55. The van der Waals surface area contributed by atoms with Gasteiger partial charge in [-0.3, -0.25) is 14.8 Å². The van der Waals surface area contributed by atoms with Crippen LogP contribution in [0.15, 0.2) is 36.7 Å². The van der Waals surface area contributed by atoms with Crippen LogP contribution in [0.1, 0.15) is 34.8 Å². The van der Waals surface area contributed by atoms with Crippen molar-refractivity contribution in [2.24, 2.45) is 5.73 Å². The Morgan fingerprint density at radius 1 is 1.32 bits per heavy atom. The molecule has 3 rings (SSSR count). The molecule has 2 N–H and O–H groups in total. The van der Waals surface area contributed by atoms with E-state index >= 15 is 0 Å². The molecule has 0 aliphatic carbocycles. The van der Waals surface area contributed by atoms with E-state index in [2.05, 4.69) is 21.9 Å². The van der Waals surface area contributed by atoms with Gasteiger partial charge in [-0.1, -0.05) is 12.1 Å². The standard InChI is InChI=1S/C17H20N4O/c1-21-9-3-6-14(11-21)16-15(19-7-8-20-16)12-4-2-5-13(10-12)17(18)22/h2,4-5,7-8,10,14H,3,6,9,11H2,1H3,(H2,18,22)/t14-/m1/s1. The van der Waals surface area contributed by atoms with Crippen molar-refractivity contribution in [2.75, 3.05) is 20.1 Å². The molecule has 114 valence electrons. The van der Waals surface area contributed by atoms with E-state index in [4.69, 9.17) is 5.73 Å². The average molecular weight is 296 g/mol. The smallest absolute Gasteiger partial charge is 0.248 e. The highest BCUT2D eigenvalue weighted by atomic mass is 16.1. The maximum Gasteiger partial charge on any atom is 0.248 e. The number of carbonyl (C=O) groups excluding carboxylic acids is 1. The van der Waals surface area contributed by atoms with Crippen molar-refractivity contribution >= 4 is 5.91 Å². The summed E-state index contributed by atoms with van der Waals surface area (Å²) in [6.45, 7) is 2.12. The maximum absolute atomic E-state index is 11.4. The fourth-order valence-electron chi connectivity index (χ4n) is 3.08. The van der Waals surface area contributed by atoms with Crippen molar-refractivity contribution in [3.63, 3.8) is 0 Å². The Kier molecular flexibility index (Phi) is 4.15. The summed E-state index contributed by atoms with van der Waals surface area (Å²) in [5.74, 6) is -0.0515. The number of likely N-dealkylation sites (N-methyl/N-ethyl adjacent to an activating group) is 1. The highest BCUT2D eigenvalue weighted by molar-refractivity contribution is 5.94. The minimum Gasteiger partial charge on any atom is -0.366 e. The van der Waals surface area contributed by atoms with Gasteiger partial charge in [-0.15, -0.1) is 0 Å². The van der Waals surface area contributed by atoms with Crippen LogP contribution < -0.4 is 5.73 Å². The van der Waals surface area contributed by atoms with E-state index in [0.717, 1.165) is 36.5 Å². The lowest BCUT2D eigenvalue weighted by Crippen LogP contribution is -2.31. The van der Waals surface area contributed by atoms with Gasteiger partial charge in [0.2, 0.25) is 5.91 Å². The number of amides is 1. The SMILES string of the molecule is CN1CCC[C@@H](c2nccnc2-c2cccc(C(N)=O)c2)C1. The number of nitrogens with two attached hydrogens (primary N) is 1. The number of carbonyl (C=O) groups is 1. The summed E-state index contributed by atoms with van der Waals surface area (Å²) in [6, 6.07) is 7.30. The van der Waals surface area contributed by atoms with Crippen molar-refractivity contribution in [3.8, 4) is 11.3 Å². The molecule has 1 aliphatic heterocycles. The van der Waals surface area contributed by atoms with Crippen LogP contribution in [0.5, 0.6) is 0 Å². The van der Waals surface area contributed by atoms with E-state index in [1.54, 1.807) is 24.5 Å². The van der Waals surface area contributed by atoms with Crippen LogP contribution in [0.3, 0.4) is 0 Å². The van der Waals surface area contributed by atoms with E-state index in [1.807, 2.05) is 12.1 Å². The molecule has 5 nitrogen and oxygen atoms in total. The highest BCUT2D eigenvalue weighted by Gasteiger charge is 2.23. The Balaban J connectivity index is 2.01. The van der Waals surface area contributed by atoms with Gasteiger partial charge >= 0.3 is 0 Å². The lowest BCUT2D eigenvalue weighted by molar-refractivity contribution is 0.100. The second kappa shape index (κ2) is 6.23. The molecule has 1 amide bonds. The first-order chi connectivity index (χ1) is 10.6. The molecule has 1 aromatic carbocycles. The fourth-order valence-corrected chi connectivity index (χ4v) is 3.08. The monoisotopic (exact) mass is 296 g/mol. The third-order valence-corrected chi connectivity index (χ3v) is 4.16. The first kappa shape index (κ1) is 14.7. The molecule has 1 atom stereocenters. The van der Waals surface area contributed by atoms with Crippen molar-refractivity contribution in [1.82, 2.24) is 14.9 Å². The van der Waals surface area contributed by atoms with Gasteiger partial charge in [0.05, 0.1) is 11.4 Å². The molecule has 1 aliphatic rings. The summed E-state index contributed by atoms with van der Waals surface area (Å²) in [7, 11) is 2.13. The highest BCUT2D eigenvalue weighted by Crippen LogP contribution is 2.31. The largest absolute Gasteiger partial charge is 0.366 e. The Labute approximate surface area is 130 Å². The summed E-state index contributed by atoms with van der Waals surface area (Å²) in [6.07, 6.45) is 5.72. The van der Waals surface area contributed by atoms with Gasteiger partial charge < -0.3 is 10.6 Å². The van der Waals surface area contributed by atoms with Crippen molar-refractivity contribution in [3.05, 3.63) is 47.9 Å². The van der Waals surface area contributed by atoms with Gasteiger partial charge in [-0.05, 0) is 38.6 Å². The fraction of sp³-hybridized carbons (Fsp3) is 0.353. The molecule has 2 heterocycles. The van der Waals surface area contributed by atoms with E-state index < -0.39 is 5.91 Å². The maximum atomic E-state index is 11.4. The number of benzene rings is 1. The number of hydrogen-bond donors (Lipinski definition) is 1. The Morgan fingerprint density at radius 2 is 2.14 bits per heavy atom. The molecule has 0 saturated carbocycles. The topological polar surface area (TPSA) is 72.1 Å². The third kappa shape index (κ3) is 2.99. The van der Waals surface area contributed by atoms with Crippen molar-refractivity contribution < 1.29 is 4.79 Å². The second-order valence-electron chi connectivity index (χ2n) is 5.84. The number of likely N-dealkylation sites (tertiary alicyclic amines) is 1. The first-order valence-corrected chi connectivity index (χ1v) is 7.55. The lowest BCUT2D eigenvalue weighted by atomic mass is 9.91. The molecule has 0 spiro atoms. The molecule has 2 aromatic rings. The Hall–Kier alpha value is -2.27. The number of hydrogen-bond acceptors (Lipinski definition) is 4. The summed E-state index contributed by atoms with van der Waals surface area (Å²) in [4.78, 5) is 22.8. The number of aromatic nitrogens is 2. The second-order valence-corrected chi connectivity index (χ2v) is 5.84. The molecular weight excluding hydrogens is 276 g/mol. The van der Waals surface area contributed by atoms with Crippen LogP contribution >= 0.6 is 0 Å². The van der Waals surface area contributed by atoms with Crippen molar-refractivity contribution in [2.45, 2.75) is 18.8 Å². The Morgan fingerprint density at radius 3 is 2.91 bits per heavy atom. The van der Waals surface area contributed by atoms with Gasteiger partial charge in [-0.2, -0.15) is 0 Å². The normalized spacial score (nSPS) is 19.0. The van der Waals surface area contributed by atoms with Crippen LogP contribution in [-0.2, 0) is 0 Å². The van der Waals surface area contributed by atoms with Gasteiger partial charge in [0, 0.05) is 36.0 Å². The number of piperidine rings is 1. The van der Waals surface area contributed by atoms with E-state index in [0.29, 0.717) is 11.5 Å². The molecule has 1 saturated heterocycles. The zero-order valence-electron chi connectivity index (χ0n) is 12.7. The zero-order valence-corrected chi connectivity index (χ0v) is 12.7. The van der Waals surface area contributed by atoms with Gasteiger partial charge in [0.15, 0.2) is 0 Å². The molecule has 5 heteroatoms. The molecule has 1 aromatic heterocycles. The van der Waals surface area contributed by atoms with Crippen LogP contribution in [0, 0.1) is 0 Å².